The molecule has 0 aliphatic heterocycles. The van der Waals surface area contributed by atoms with Gasteiger partial charge in [-0.05, 0) is 29.8 Å². The normalized spacial score (nSPS) is 12.1. The molecular weight excluding hydrogens is 349 g/mol. The van der Waals surface area contributed by atoms with Crippen LogP contribution in [-0.4, -0.2) is 27.0 Å². The minimum absolute atomic E-state index is 0.224. The van der Waals surface area contributed by atoms with Gasteiger partial charge >= 0.3 is 5.97 Å². The number of benzene rings is 1. The Kier molecular flexibility index (Phi) is 4.67. The second-order valence-electron chi connectivity index (χ2n) is 5.45. The summed E-state index contributed by atoms with van der Waals surface area (Å²) in [6, 6.07) is 7.74. The van der Waals surface area contributed by atoms with E-state index in [4.69, 9.17) is 16.7 Å². The number of hydrogen-bond acceptors (Lipinski definition) is 3. The number of rotatable bonds is 5. The molecule has 2 aromatic heterocycles. The summed E-state index contributed by atoms with van der Waals surface area (Å²) in [5.74, 6) is -2.02. The van der Waals surface area contributed by atoms with Crippen LogP contribution < -0.4 is 5.32 Å². The van der Waals surface area contributed by atoms with Crippen LogP contribution in [0.25, 0.3) is 11.0 Å². The SMILES string of the molecule is O=C(O)C[C@H](NC(=O)c1cc2cc(Cl)cnc2[nH]1)c1ccc(F)cc1. The van der Waals surface area contributed by atoms with Crippen molar-refractivity contribution >= 4 is 34.5 Å². The van der Waals surface area contributed by atoms with Crippen LogP contribution in [0, 0.1) is 5.82 Å². The third-order valence-corrected chi connectivity index (χ3v) is 3.84. The highest BCUT2D eigenvalue weighted by Gasteiger charge is 2.20. The van der Waals surface area contributed by atoms with Crippen LogP contribution in [-0.2, 0) is 4.79 Å². The van der Waals surface area contributed by atoms with E-state index in [1.807, 2.05) is 0 Å². The molecule has 0 aliphatic carbocycles. The van der Waals surface area contributed by atoms with Crippen molar-refractivity contribution in [2.24, 2.45) is 0 Å². The Morgan fingerprint density at radius 2 is 2.00 bits per heavy atom. The smallest absolute Gasteiger partial charge is 0.305 e. The number of carboxylic acid groups (broad SMARTS) is 1. The van der Waals surface area contributed by atoms with Crippen molar-refractivity contribution in [1.82, 2.24) is 15.3 Å². The Morgan fingerprint density at radius 3 is 2.68 bits per heavy atom. The number of aromatic amines is 1. The second kappa shape index (κ2) is 6.90. The van der Waals surface area contributed by atoms with Gasteiger partial charge in [-0.1, -0.05) is 23.7 Å². The molecule has 3 N–H and O–H groups in total. The number of aliphatic carboxylic acids is 1. The molecule has 1 atom stereocenters. The Morgan fingerprint density at radius 1 is 1.28 bits per heavy atom. The first-order valence-electron chi connectivity index (χ1n) is 7.35. The lowest BCUT2D eigenvalue weighted by molar-refractivity contribution is -0.137. The fourth-order valence-corrected chi connectivity index (χ4v) is 2.64. The predicted octanol–water partition coefficient (Wildman–Crippen LogP) is 3.30. The number of halogens is 2. The lowest BCUT2D eigenvalue weighted by atomic mass is 10.0. The van der Waals surface area contributed by atoms with Crippen LogP contribution in [0.5, 0.6) is 0 Å². The number of carbonyl (C=O) groups excluding carboxylic acids is 1. The van der Waals surface area contributed by atoms with E-state index >= 15 is 0 Å². The van der Waals surface area contributed by atoms with Crippen molar-refractivity contribution < 1.29 is 19.1 Å². The molecule has 1 amide bonds. The van der Waals surface area contributed by atoms with Crippen molar-refractivity contribution in [2.45, 2.75) is 12.5 Å². The van der Waals surface area contributed by atoms with Crippen LogP contribution in [0.3, 0.4) is 0 Å². The summed E-state index contributed by atoms with van der Waals surface area (Å²) >= 11 is 5.87. The Hall–Kier alpha value is -2.93. The van der Waals surface area contributed by atoms with Gasteiger partial charge in [0.25, 0.3) is 5.91 Å². The zero-order chi connectivity index (χ0) is 18.0. The molecule has 128 valence electrons. The molecule has 25 heavy (non-hydrogen) atoms. The number of carboxylic acids is 1. The lowest BCUT2D eigenvalue weighted by Crippen LogP contribution is -2.30. The van der Waals surface area contributed by atoms with Crippen LogP contribution in [0.4, 0.5) is 4.39 Å². The van der Waals surface area contributed by atoms with Gasteiger partial charge < -0.3 is 15.4 Å². The van der Waals surface area contributed by atoms with Crippen molar-refractivity contribution in [3.63, 3.8) is 0 Å². The average molecular weight is 362 g/mol. The number of nitrogens with zero attached hydrogens (tertiary/aromatic N) is 1. The highest BCUT2D eigenvalue weighted by molar-refractivity contribution is 6.31. The zero-order valence-electron chi connectivity index (χ0n) is 12.8. The summed E-state index contributed by atoms with van der Waals surface area (Å²) < 4.78 is 13.1. The summed E-state index contributed by atoms with van der Waals surface area (Å²) in [5.41, 5.74) is 1.21. The number of aromatic nitrogens is 2. The molecule has 8 heteroatoms. The maximum atomic E-state index is 13.1. The minimum Gasteiger partial charge on any atom is -0.481 e. The zero-order valence-corrected chi connectivity index (χ0v) is 13.5. The number of hydrogen-bond donors (Lipinski definition) is 3. The van der Waals surface area contributed by atoms with Gasteiger partial charge in [-0.2, -0.15) is 0 Å². The van der Waals surface area contributed by atoms with Crippen LogP contribution in [0.15, 0.2) is 42.6 Å². The van der Waals surface area contributed by atoms with Crippen LogP contribution in [0.2, 0.25) is 5.02 Å². The van der Waals surface area contributed by atoms with E-state index in [0.29, 0.717) is 21.6 Å². The number of carbonyl (C=O) groups is 2. The molecule has 0 spiro atoms. The first-order valence-corrected chi connectivity index (χ1v) is 7.72. The number of fused-ring (bicyclic) bond motifs is 1. The average Bonchev–Trinajstić information content (AvgIpc) is 2.97. The van der Waals surface area contributed by atoms with Gasteiger partial charge in [0.05, 0.1) is 17.5 Å². The lowest BCUT2D eigenvalue weighted by Gasteiger charge is -2.17. The van der Waals surface area contributed by atoms with Crippen molar-refractivity contribution in [1.29, 1.82) is 0 Å². The van der Waals surface area contributed by atoms with Gasteiger partial charge in [0.2, 0.25) is 0 Å². The summed E-state index contributed by atoms with van der Waals surface area (Å²) in [7, 11) is 0. The molecule has 0 radical (unpaired) electrons. The third-order valence-electron chi connectivity index (χ3n) is 3.64. The van der Waals surface area contributed by atoms with E-state index in [1.54, 1.807) is 12.1 Å². The van der Waals surface area contributed by atoms with E-state index in [-0.39, 0.29) is 12.1 Å². The Balaban J connectivity index is 1.85. The molecule has 0 aliphatic rings. The first kappa shape index (κ1) is 16.9. The van der Waals surface area contributed by atoms with Gasteiger partial charge in [0, 0.05) is 11.6 Å². The van der Waals surface area contributed by atoms with Gasteiger partial charge in [-0.3, -0.25) is 9.59 Å². The van der Waals surface area contributed by atoms with Crippen molar-refractivity contribution in [3.8, 4) is 0 Å². The van der Waals surface area contributed by atoms with Crippen LogP contribution in [0.1, 0.15) is 28.5 Å². The maximum absolute atomic E-state index is 13.1. The number of amides is 1. The highest BCUT2D eigenvalue weighted by atomic mass is 35.5. The maximum Gasteiger partial charge on any atom is 0.305 e. The molecular formula is C17H13ClFN3O3. The minimum atomic E-state index is -1.08. The number of H-pyrrole nitrogens is 1. The van der Waals surface area contributed by atoms with E-state index < -0.39 is 23.7 Å². The molecule has 0 bridgehead atoms. The van der Waals surface area contributed by atoms with Gasteiger partial charge in [-0.15, -0.1) is 0 Å². The molecule has 3 rings (SSSR count). The largest absolute Gasteiger partial charge is 0.481 e. The van der Waals surface area contributed by atoms with E-state index in [2.05, 4.69) is 15.3 Å². The molecule has 0 saturated heterocycles. The number of pyridine rings is 1. The molecule has 6 nitrogen and oxygen atoms in total. The number of nitrogens with one attached hydrogen (secondary N) is 2. The third kappa shape index (κ3) is 3.95. The molecule has 1 aromatic carbocycles. The fourth-order valence-electron chi connectivity index (χ4n) is 2.47. The monoisotopic (exact) mass is 361 g/mol. The van der Waals surface area contributed by atoms with Crippen molar-refractivity contribution in [3.05, 3.63) is 64.7 Å². The van der Waals surface area contributed by atoms with Gasteiger partial charge in [0.1, 0.15) is 17.2 Å². The molecule has 3 aromatic rings. The molecule has 0 fully saturated rings. The fraction of sp³-hybridized carbons (Fsp3) is 0.118. The van der Waals surface area contributed by atoms with Gasteiger partial charge in [-0.25, -0.2) is 9.37 Å². The summed E-state index contributed by atoms with van der Waals surface area (Å²) in [4.78, 5) is 30.5. The molecule has 0 unspecified atom stereocenters. The van der Waals surface area contributed by atoms with E-state index in [0.717, 1.165) is 0 Å². The highest BCUT2D eigenvalue weighted by Crippen LogP contribution is 2.20. The second-order valence-corrected chi connectivity index (χ2v) is 5.89. The first-order chi connectivity index (χ1) is 11.9. The standard InChI is InChI=1S/C17H13ClFN3O3/c18-11-5-10-6-14(21-16(10)20-8-11)17(25)22-13(7-15(23)24)9-1-3-12(19)4-2-9/h1-6,8,13H,7H2,(H,20,21)(H,22,25)(H,23,24)/t13-/m0/s1. The topological polar surface area (TPSA) is 95.1 Å². The van der Waals surface area contributed by atoms with Crippen LogP contribution >= 0.6 is 11.6 Å². The van der Waals surface area contributed by atoms with Gasteiger partial charge in [0.15, 0.2) is 0 Å². The summed E-state index contributed by atoms with van der Waals surface area (Å²) in [6.45, 7) is 0. The quantitative estimate of drug-likeness (QED) is 0.649. The predicted molar refractivity (Wildman–Crippen MR) is 90.0 cm³/mol. The summed E-state index contributed by atoms with van der Waals surface area (Å²) in [5, 5.41) is 12.8. The van der Waals surface area contributed by atoms with E-state index in [1.165, 1.54) is 30.5 Å². The molecule has 2 heterocycles. The Labute approximate surface area is 146 Å². The van der Waals surface area contributed by atoms with E-state index in [9.17, 15) is 14.0 Å². The van der Waals surface area contributed by atoms with Crippen molar-refractivity contribution in [2.75, 3.05) is 0 Å². The Bertz CT molecular complexity index is 940. The molecule has 0 saturated carbocycles. The summed E-state index contributed by atoms with van der Waals surface area (Å²) in [6.07, 6.45) is 1.12.